The molecule has 13 heteroatoms. The topological polar surface area (TPSA) is 219 Å². The van der Waals surface area contributed by atoms with Crippen molar-refractivity contribution in [1.82, 2.24) is 0 Å². The second-order valence-corrected chi connectivity index (χ2v) is 20.1. The van der Waals surface area contributed by atoms with Crippen LogP contribution in [0.2, 0.25) is 0 Å². The lowest BCUT2D eigenvalue weighted by molar-refractivity contribution is -0.338. The van der Waals surface area contributed by atoms with Gasteiger partial charge < -0.3 is 64.9 Å². The predicted molar refractivity (Wildman–Crippen MR) is 201 cm³/mol. The second kappa shape index (κ2) is 15.7. The molecule has 0 spiro atoms. The van der Waals surface area contributed by atoms with E-state index in [9.17, 15) is 46.0 Å². The first-order chi connectivity index (χ1) is 25.6. The molecule has 0 bridgehead atoms. The maximum absolute atomic E-state index is 12.5. The van der Waals surface area contributed by atoms with Crippen molar-refractivity contribution < 1.29 is 64.9 Å². The predicted octanol–water partition coefficient (Wildman–Crippen LogP) is 2.15. The number of allylic oxidation sites excluding steroid dienone is 2. The molecule has 0 aromatic carbocycles. The SMILES string of the molecule is CC(C)=CCC[C@@](C)(O[C@H]1O[C@@H](CO)[C@H](O)[C@@H](O)[C@@H]1O)[C@@H]1CC[C@@]2(C)[C@H]1[C@@H](O)C[C@H]1[C@]3(C)CC[C@@H](O[C@H]4O[C@@H](CO)[C@H](O)[C@@H](O)[C@@H]4O)C(C)(C)[C@H]3CC[C@@]12C. The summed E-state index contributed by atoms with van der Waals surface area (Å²) in [6, 6.07) is 0. The van der Waals surface area contributed by atoms with Crippen molar-refractivity contribution in [2.45, 2.75) is 192 Å². The van der Waals surface area contributed by atoms with Crippen molar-refractivity contribution in [2.24, 2.45) is 45.3 Å². The molecular weight excluding hydrogens is 712 g/mol. The zero-order valence-electron chi connectivity index (χ0n) is 34.3. The molecule has 2 heterocycles. The lowest BCUT2D eigenvalue weighted by Crippen LogP contribution is -2.67. The van der Waals surface area contributed by atoms with Gasteiger partial charge in [0, 0.05) is 0 Å². The minimum absolute atomic E-state index is 0.104. The molecule has 55 heavy (non-hydrogen) atoms. The quantitative estimate of drug-likeness (QED) is 0.115. The van der Waals surface area contributed by atoms with Crippen LogP contribution in [0.1, 0.15) is 113 Å². The van der Waals surface area contributed by atoms with Crippen LogP contribution in [0.25, 0.3) is 0 Å². The van der Waals surface area contributed by atoms with Crippen molar-refractivity contribution in [1.29, 1.82) is 0 Å². The number of rotatable bonds is 10. The zero-order valence-corrected chi connectivity index (χ0v) is 34.3. The molecule has 20 atom stereocenters. The standard InChI is InChI=1S/C42H72O13/c1-21(2)10-9-14-42(8,55-37-35(51)33(49)31(47)25(20-44)53-37)22-11-16-41(7)29(22)23(45)18-27-39(5)15-13-28(38(3,4)26(39)12-17-40(27,41)6)54-36-34(50)32(48)30(46)24(19-43)52-36/h10,22-37,43-51H,9,11-20H2,1-8H3/t22-,23+,24+,25+,26-,27+,28-,29-,30+,31+,32-,33-,34+,35+,36-,37-,39-,40+,41+,42-/m1/s1. The second-order valence-electron chi connectivity index (χ2n) is 20.1. The van der Waals surface area contributed by atoms with Gasteiger partial charge in [-0.3, -0.25) is 0 Å². The van der Waals surface area contributed by atoms with E-state index in [-0.39, 0.29) is 51.4 Å². The summed E-state index contributed by atoms with van der Waals surface area (Å²) in [5.74, 6) is 0.196. The number of aliphatic hydroxyl groups is 9. The van der Waals surface area contributed by atoms with E-state index in [1.165, 1.54) is 5.57 Å². The number of hydrogen-bond acceptors (Lipinski definition) is 13. The van der Waals surface area contributed by atoms with E-state index >= 15 is 0 Å². The smallest absolute Gasteiger partial charge is 0.187 e. The van der Waals surface area contributed by atoms with E-state index in [2.05, 4.69) is 40.7 Å². The monoisotopic (exact) mass is 784 g/mol. The highest BCUT2D eigenvalue weighted by Crippen LogP contribution is 2.76. The fourth-order valence-electron chi connectivity index (χ4n) is 13.4. The normalized spacial score (nSPS) is 52.0. The van der Waals surface area contributed by atoms with Crippen LogP contribution in [-0.2, 0) is 18.9 Å². The maximum Gasteiger partial charge on any atom is 0.187 e. The molecular formula is C42H72O13. The highest BCUT2D eigenvalue weighted by atomic mass is 16.7. The van der Waals surface area contributed by atoms with Gasteiger partial charge in [0.25, 0.3) is 0 Å². The number of aliphatic hydroxyl groups excluding tert-OH is 9. The van der Waals surface area contributed by atoms with Gasteiger partial charge in [0.1, 0.15) is 48.8 Å². The molecule has 2 saturated heterocycles. The van der Waals surface area contributed by atoms with E-state index in [0.29, 0.717) is 25.7 Å². The Hall–Kier alpha value is -0.780. The Morgan fingerprint density at radius 3 is 1.85 bits per heavy atom. The Balaban J connectivity index is 1.26. The third kappa shape index (κ3) is 7.10. The Kier molecular flexibility index (Phi) is 12.5. The van der Waals surface area contributed by atoms with Crippen molar-refractivity contribution in [3.8, 4) is 0 Å². The van der Waals surface area contributed by atoms with Crippen LogP contribution in [-0.4, -0.2) is 138 Å². The van der Waals surface area contributed by atoms with Crippen LogP contribution in [0.4, 0.5) is 0 Å². The number of fused-ring (bicyclic) bond motifs is 5. The fourth-order valence-corrected chi connectivity index (χ4v) is 13.4. The van der Waals surface area contributed by atoms with Crippen LogP contribution in [0, 0.1) is 45.3 Å². The Labute approximate surface area is 327 Å². The van der Waals surface area contributed by atoms with E-state index < -0.39 is 86.3 Å². The van der Waals surface area contributed by atoms with Crippen LogP contribution in [0.5, 0.6) is 0 Å². The summed E-state index contributed by atoms with van der Waals surface area (Å²) in [6.07, 6.45) is -5.39. The molecule has 0 aromatic rings. The Morgan fingerprint density at radius 1 is 0.709 bits per heavy atom. The maximum atomic E-state index is 12.5. The molecule has 9 N–H and O–H groups in total. The van der Waals surface area contributed by atoms with Gasteiger partial charge in [-0.25, -0.2) is 0 Å². The highest BCUT2D eigenvalue weighted by Gasteiger charge is 2.72. The minimum Gasteiger partial charge on any atom is -0.394 e. The van der Waals surface area contributed by atoms with Crippen LogP contribution in [0.3, 0.4) is 0 Å². The van der Waals surface area contributed by atoms with Gasteiger partial charge >= 0.3 is 0 Å². The summed E-state index contributed by atoms with van der Waals surface area (Å²) in [5.41, 5.74) is -0.592. The minimum atomic E-state index is -1.55. The van der Waals surface area contributed by atoms with Gasteiger partial charge in [-0.15, -0.1) is 0 Å². The van der Waals surface area contributed by atoms with E-state index in [4.69, 9.17) is 18.9 Å². The van der Waals surface area contributed by atoms with Crippen molar-refractivity contribution in [3.63, 3.8) is 0 Å². The first kappa shape index (κ1) is 43.8. The first-order valence-electron chi connectivity index (χ1n) is 20.9. The first-order valence-corrected chi connectivity index (χ1v) is 20.9. The summed E-state index contributed by atoms with van der Waals surface area (Å²) in [5, 5.41) is 95.9. The number of ether oxygens (including phenoxy) is 4. The van der Waals surface area contributed by atoms with Crippen molar-refractivity contribution in [2.75, 3.05) is 13.2 Å². The van der Waals surface area contributed by atoms with Gasteiger partial charge in [-0.2, -0.15) is 0 Å². The molecule has 0 radical (unpaired) electrons. The molecule has 0 amide bonds. The van der Waals surface area contributed by atoms with Gasteiger partial charge in [0.15, 0.2) is 12.6 Å². The Morgan fingerprint density at radius 2 is 1.27 bits per heavy atom. The molecule has 318 valence electrons. The lowest BCUT2D eigenvalue weighted by Gasteiger charge is -2.71. The largest absolute Gasteiger partial charge is 0.394 e. The summed E-state index contributed by atoms with van der Waals surface area (Å²) >= 11 is 0. The van der Waals surface area contributed by atoms with Crippen LogP contribution in [0.15, 0.2) is 11.6 Å². The summed E-state index contributed by atoms with van der Waals surface area (Å²) in [6.45, 7) is 16.6. The average molecular weight is 785 g/mol. The molecule has 0 unspecified atom stereocenters. The number of hydrogen-bond donors (Lipinski definition) is 9. The Bertz CT molecular complexity index is 1370. The van der Waals surface area contributed by atoms with Gasteiger partial charge in [0.2, 0.25) is 0 Å². The molecule has 13 nitrogen and oxygen atoms in total. The highest BCUT2D eigenvalue weighted by molar-refractivity contribution is 5.20. The summed E-state index contributed by atoms with van der Waals surface area (Å²) in [4.78, 5) is 0. The molecule has 4 saturated carbocycles. The molecule has 6 rings (SSSR count). The molecule has 2 aliphatic heterocycles. The van der Waals surface area contributed by atoms with Crippen molar-refractivity contribution >= 4 is 0 Å². The van der Waals surface area contributed by atoms with Gasteiger partial charge in [-0.05, 0) is 124 Å². The molecule has 6 aliphatic rings. The summed E-state index contributed by atoms with van der Waals surface area (Å²) < 4.78 is 24.9. The molecule has 0 aromatic heterocycles. The average Bonchev–Trinajstić information content (AvgIpc) is 3.51. The third-order valence-electron chi connectivity index (χ3n) is 16.7. The lowest BCUT2D eigenvalue weighted by atomic mass is 9.35. The fraction of sp³-hybridized carbons (Fsp3) is 0.952. The third-order valence-corrected chi connectivity index (χ3v) is 16.7. The van der Waals surface area contributed by atoms with Crippen LogP contribution >= 0.6 is 0 Å². The molecule has 4 aliphatic carbocycles. The zero-order chi connectivity index (χ0) is 40.6. The summed E-state index contributed by atoms with van der Waals surface area (Å²) in [7, 11) is 0. The van der Waals surface area contributed by atoms with Crippen molar-refractivity contribution in [3.05, 3.63) is 11.6 Å². The van der Waals surface area contributed by atoms with Gasteiger partial charge in [0.05, 0.1) is 31.0 Å². The molecule has 6 fully saturated rings. The van der Waals surface area contributed by atoms with E-state index in [1.807, 2.05) is 20.8 Å². The van der Waals surface area contributed by atoms with E-state index in [0.717, 1.165) is 32.1 Å². The van der Waals surface area contributed by atoms with Gasteiger partial charge in [-0.1, -0.05) is 46.3 Å². The van der Waals surface area contributed by atoms with E-state index in [1.54, 1.807) is 0 Å². The van der Waals surface area contributed by atoms with Crippen LogP contribution < -0.4 is 0 Å².